The van der Waals surface area contributed by atoms with Crippen LogP contribution in [0.4, 0.5) is 0 Å². The van der Waals surface area contributed by atoms with E-state index in [2.05, 4.69) is 10.1 Å². The van der Waals surface area contributed by atoms with Crippen LogP contribution in [0.15, 0.2) is 10.1 Å². The first kappa shape index (κ1) is 9.50. The lowest BCUT2D eigenvalue weighted by Gasteiger charge is -2.10. The Morgan fingerprint density at radius 2 is 2.09 bits per heavy atom. The van der Waals surface area contributed by atoms with Gasteiger partial charge in [-0.05, 0) is 0 Å². The van der Waals surface area contributed by atoms with Crippen LogP contribution < -0.4 is 16.9 Å². The van der Waals surface area contributed by atoms with Crippen LogP contribution in [0.2, 0.25) is 0 Å². The van der Waals surface area contributed by atoms with Crippen LogP contribution in [-0.2, 0) is 0 Å². The fourth-order valence-electron chi connectivity index (χ4n) is 0.380. The number of rotatable bonds is 1. The molecule has 7 nitrogen and oxygen atoms in total. The molecule has 0 aliphatic carbocycles. The molecule has 0 aromatic heterocycles. The van der Waals surface area contributed by atoms with Crippen molar-refractivity contribution in [1.29, 1.82) is 0 Å². The Morgan fingerprint density at radius 3 is 2.45 bits per heavy atom. The largest absolute Gasteiger partial charge is 0.368 e. The molecule has 11 heavy (non-hydrogen) atoms. The monoisotopic (exact) mass is 160 g/mol. The lowest BCUT2D eigenvalue weighted by molar-refractivity contribution is 0.230. The van der Waals surface area contributed by atoms with E-state index in [-0.39, 0.29) is 11.9 Å². The van der Waals surface area contributed by atoms with Crippen molar-refractivity contribution in [3.8, 4) is 0 Å². The first-order valence-corrected chi connectivity index (χ1v) is 2.82. The van der Waals surface area contributed by atoms with E-state index >= 15 is 0 Å². The van der Waals surface area contributed by atoms with Crippen LogP contribution in [0.5, 0.6) is 0 Å². The number of hydroxylamine groups is 1. The van der Waals surface area contributed by atoms with Gasteiger partial charge in [-0.15, -0.1) is 5.10 Å². The number of nitrogens with one attached hydrogen (secondary N) is 1. The second kappa shape index (κ2) is 4.34. The van der Waals surface area contributed by atoms with E-state index in [0.717, 1.165) is 0 Å². The molecule has 0 rings (SSSR count). The molecule has 0 amide bonds. The predicted octanol–water partition coefficient (Wildman–Crippen LogP) is -1.93. The zero-order valence-corrected chi connectivity index (χ0v) is 6.44. The molecule has 0 atom stereocenters. The summed E-state index contributed by atoms with van der Waals surface area (Å²) in [5.74, 6) is 0.0438. The van der Waals surface area contributed by atoms with Gasteiger partial charge in [0.05, 0.1) is 0 Å². The number of nitrogens with zero attached hydrogens (tertiary/aromatic N) is 3. The summed E-state index contributed by atoms with van der Waals surface area (Å²) in [5.41, 5.74) is 12.1. The molecule has 0 spiro atoms. The summed E-state index contributed by atoms with van der Waals surface area (Å²) in [5, 5.41) is 13.0. The minimum Gasteiger partial charge on any atom is -0.368 e. The summed E-state index contributed by atoms with van der Waals surface area (Å²) in [6, 6.07) is 0. The molecular formula is C4H12N6O. The van der Waals surface area contributed by atoms with Crippen LogP contribution in [0, 0.1) is 0 Å². The van der Waals surface area contributed by atoms with Crippen molar-refractivity contribution in [2.45, 2.75) is 0 Å². The number of hydrogen-bond acceptors (Lipinski definition) is 3. The van der Waals surface area contributed by atoms with Gasteiger partial charge in [0.1, 0.15) is 0 Å². The number of guanidine groups is 2. The Kier molecular flexibility index (Phi) is 3.75. The van der Waals surface area contributed by atoms with Crippen molar-refractivity contribution in [2.24, 2.45) is 21.6 Å². The van der Waals surface area contributed by atoms with Crippen LogP contribution in [-0.4, -0.2) is 36.2 Å². The van der Waals surface area contributed by atoms with Crippen LogP contribution in [0.1, 0.15) is 0 Å². The molecule has 0 saturated heterocycles. The first-order valence-electron chi connectivity index (χ1n) is 2.82. The normalized spacial score (nSPS) is 13.0. The molecule has 7 heteroatoms. The standard InChI is InChI=1S/C4H12N6O/c1-7-4(6)10(2)8-3(5)9-11/h11H,1-2H3,(H2,6,7)(H3,5,8,9). The zero-order chi connectivity index (χ0) is 8.85. The maximum Gasteiger partial charge on any atom is 0.235 e. The second-order valence-electron chi connectivity index (χ2n) is 1.70. The molecule has 0 aromatic carbocycles. The van der Waals surface area contributed by atoms with Crippen molar-refractivity contribution < 1.29 is 5.21 Å². The van der Waals surface area contributed by atoms with Gasteiger partial charge >= 0.3 is 0 Å². The molecule has 0 bridgehead atoms. The number of hydrazone groups is 1. The maximum absolute atomic E-state index is 8.23. The molecule has 0 saturated carbocycles. The van der Waals surface area contributed by atoms with Crippen LogP contribution in [0.25, 0.3) is 0 Å². The first-order chi connectivity index (χ1) is 5.11. The van der Waals surface area contributed by atoms with E-state index in [1.807, 2.05) is 0 Å². The highest BCUT2D eigenvalue weighted by atomic mass is 16.5. The van der Waals surface area contributed by atoms with E-state index < -0.39 is 0 Å². The second-order valence-corrected chi connectivity index (χ2v) is 1.70. The van der Waals surface area contributed by atoms with Crippen molar-refractivity contribution in [2.75, 3.05) is 14.1 Å². The van der Waals surface area contributed by atoms with Gasteiger partial charge in [0, 0.05) is 14.1 Å². The maximum atomic E-state index is 8.23. The van der Waals surface area contributed by atoms with Gasteiger partial charge in [-0.3, -0.25) is 10.2 Å². The summed E-state index contributed by atoms with van der Waals surface area (Å²) >= 11 is 0. The van der Waals surface area contributed by atoms with Crippen LogP contribution in [0.3, 0.4) is 0 Å². The Balaban J connectivity index is 4.16. The highest BCUT2D eigenvalue weighted by molar-refractivity contribution is 5.81. The molecule has 0 heterocycles. The lowest BCUT2D eigenvalue weighted by atomic mass is 10.9. The van der Waals surface area contributed by atoms with Crippen molar-refractivity contribution in [1.82, 2.24) is 10.5 Å². The minimum atomic E-state index is -0.154. The number of aliphatic imine (C=N–C) groups is 1. The third kappa shape index (κ3) is 3.26. The van der Waals surface area contributed by atoms with Gasteiger partial charge < -0.3 is 11.5 Å². The SMILES string of the molecule is CN=C(N)N(C)N=C(N)NO. The highest BCUT2D eigenvalue weighted by Crippen LogP contribution is 1.80. The van der Waals surface area contributed by atoms with Crippen molar-refractivity contribution in [3.05, 3.63) is 0 Å². The van der Waals surface area contributed by atoms with Gasteiger partial charge in [0.25, 0.3) is 0 Å². The summed E-state index contributed by atoms with van der Waals surface area (Å²) in [6.07, 6.45) is 0. The third-order valence-electron chi connectivity index (χ3n) is 0.933. The predicted molar refractivity (Wildman–Crippen MR) is 41.9 cm³/mol. The Labute approximate surface area is 64.3 Å². The topological polar surface area (TPSA) is 112 Å². The highest BCUT2D eigenvalue weighted by Gasteiger charge is 1.97. The van der Waals surface area contributed by atoms with Crippen LogP contribution >= 0.6 is 0 Å². The quantitative estimate of drug-likeness (QED) is 0.203. The third-order valence-corrected chi connectivity index (χ3v) is 0.933. The van der Waals surface area contributed by atoms with E-state index in [1.165, 1.54) is 12.1 Å². The van der Waals surface area contributed by atoms with Gasteiger partial charge in [-0.2, -0.15) is 0 Å². The minimum absolute atomic E-state index is 0.154. The summed E-state index contributed by atoms with van der Waals surface area (Å²) in [4.78, 5) is 3.62. The van der Waals surface area contributed by atoms with Crippen molar-refractivity contribution in [3.63, 3.8) is 0 Å². The van der Waals surface area contributed by atoms with E-state index in [0.29, 0.717) is 0 Å². The fraction of sp³-hybridized carbons (Fsp3) is 0.500. The van der Waals surface area contributed by atoms with E-state index in [1.54, 1.807) is 12.5 Å². The molecule has 0 radical (unpaired) electrons. The average molecular weight is 160 g/mol. The molecular weight excluding hydrogens is 148 g/mol. The van der Waals surface area contributed by atoms with Gasteiger partial charge in [-0.1, -0.05) is 0 Å². The smallest absolute Gasteiger partial charge is 0.235 e. The van der Waals surface area contributed by atoms with E-state index in [4.69, 9.17) is 16.7 Å². The van der Waals surface area contributed by atoms with Gasteiger partial charge in [0.2, 0.25) is 11.9 Å². The number of hydrogen-bond donors (Lipinski definition) is 4. The Morgan fingerprint density at radius 1 is 1.55 bits per heavy atom. The number of nitrogens with two attached hydrogens (primary N) is 2. The van der Waals surface area contributed by atoms with E-state index in [9.17, 15) is 0 Å². The molecule has 6 N–H and O–H groups in total. The molecule has 0 unspecified atom stereocenters. The van der Waals surface area contributed by atoms with Gasteiger partial charge in [0.15, 0.2) is 0 Å². The lowest BCUT2D eigenvalue weighted by Crippen LogP contribution is -2.36. The fourth-order valence-corrected chi connectivity index (χ4v) is 0.380. The zero-order valence-electron chi connectivity index (χ0n) is 6.44. The Hall–Kier alpha value is -1.50. The van der Waals surface area contributed by atoms with Crippen molar-refractivity contribution >= 4 is 11.9 Å². The molecule has 0 fully saturated rings. The summed E-state index contributed by atoms with van der Waals surface area (Å²) in [6.45, 7) is 0. The Bertz CT molecular complexity index is 175. The molecule has 0 aliphatic rings. The summed E-state index contributed by atoms with van der Waals surface area (Å²) in [7, 11) is 3.07. The summed E-state index contributed by atoms with van der Waals surface area (Å²) < 4.78 is 0. The molecule has 64 valence electrons. The molecule has 0 aromatic rings. The van der Waals surface area contributed by atoms with Gasteiger partial charge in [-0.25, -0.2) is 10.5 Å². The molecule has 0 aliphatic heterocycles. The average Bonchev–Trinajstić information content (AvgIpc) is 2.02.